The van der Waals surface area contributed by atoms with E-state index in [1.165, 1.54) is 6.07 Å². The number of rotatable bonds is 5. The molecule has 0 aliphatic rings. The molecule has 0 spiro atoms. The molecule has 3 heteroatoms. The second-order valence-electron chi connectivity index (χ2n) is 4.61. The van der Waals surface area contributed by atoms with Crippen LogP contribution in [0.2, 0.25) is 0 Å². The minimum atomic E-state index is -1.12. The predicted octanol–water partition coefficient (Wildman–Crippen LogP) is 2.42. The molecule has 0 aliphatic carbocycles. The Balaban J connectivity index is 2.66. The van der Waals surface area contributed by atoms with Gasteiger partial charge in [-0.15, -0.1) is 0 Å². The van der Waals surface area contributed by atoms with E-state index in [0.29, 0.717) is 24.6 Å². The van der Waals surface area contributed by atoms with Gasteiger partial charge in [-0.05, 0) is 26.0 Å². The topological polar surface area (TPSA) is 32.3 Å². The molecule has 0 aromatic heterocycles. The number of hydrogen-bond acceptors (Lipinski definition) is 2. The number of aliphatic hydroxyl groups is 1. The van der Waals surface area contributed by atoms with Gasteiger partial charge < -0.3 is 10.4 Å². The van der Waals surface area contributed by atoms with Crippen molar-refractivity contribution in [2.45, 2.75) is 38.8 Å². The zero-order chi connectivity index (χ0) is 12.2. The third kappa shape index (κ3) is 3.58. The molecule has 1 atom stereocenters. The van der Waals surface area contributed by atoms with Crippen molar-refractivity contribution >= 4 is 0 Å². The Morgan fingerprint density at radius 1 is 1.38 bits per heavy atom. The summed E-state index contributed by atoms with van der Waals surface area (Å²) in [5.41, 5.74) is -0.756. The normalized spacial score (nSPS) is 15.1. The van der Waals surface area contributed by atoms with Gasteiger partial charge in [0.2, 0.25) is 0 Å². The van der Waals surface area contributed by atoms with E-state index in [2.05, 4.69) is 5.32 Å². The van der Waals surface area contributed by atoms with Crippen molar-refractivity contribution in [1.29, 1.82) is 0 Å². The Hall–Kier alpha value is -0.930. The fraction of sp³-hybridized carbons (Fsp3) is 0.538. The lowest BCUT2D eigenvalue weighted by Gasteiger charge is -2.25. The molecule has 0 fully saturated rings. The second kappa shape index (κ2) is 5.41. The Morgan fingerprint density at radius 2 is 2.00 bits per heavy atom. The van der Waals surface area contributed by atoms with Crippen LogP contribution < -0.4 is 5.32 Å². The number of benzene rings is 1. The molecule has 16 heavy (non-hydrogen) atoms. The SMILES string of the molecule is CC(C)NCCC(C)(O)c1ccccc1F. The first kappa shape index (κ1) is 13.1. The van der Waals surface area contributed by atoms with Crippen molar-refractivity contribution in [2.75, 3.05) is 6.54 Å². The largest absolute Gasteiger partial charge is 0.385 e. The van der Waals surface area contributed by atoms with Crippen molar-refractivity contribution in [1.82, 2.24) is 5.32 Å². The van der Waals surface area contributed by atoms with Crippen LogP contribution in [-0.4, -0.2) is 17.7 Å². The van der Waals surface area contributed by atoms with Crippen LogP contribution >= 0.6 is 0 Å². The Kier molecular flexibility index (Phi) is 4.44. The van der Waals surface area contributed by atoms with Crippen LogP contribution in [0.15, 0.2) is 24.3 Å². The second-order valence-corrected chi connectivity index (χ2v) is 4.61. The molecule has 2 nitrogen and oxygen atoms in total. The van der Waals surface area contributed by atoms with E-state index in [1.807, 2.05) is 13.8 Å². The highest BCUT2D eigenvalue weighted by molar-refractivity contribution is 5.23. The zero-order valence-electron chi connectivity index (χ0n) is 10.1. The maximum absolute atomic E-state index is 13.5. The van der Waals surface area contributed by atoms with Crippen molar-refractivity contribution in [3.8, 4) is 0 Å². The quantitative estimate of drug-likeness (QED) is 0.806. The van der Waals surface area contributed by atoms with E-state index in [9.17, 15) is 9.50 Å². The Morgan fingerprint density at radius 3 is 2.56 bits per heavy atom. The van der Waals surface area contributed by atoms with Crippen LogP contribution in [0.25, 0.3) is 0 Å². The lowest BCUT2D eigenvalue weighted by atomic mass is 9.92. The van der Waals surface area contributed by atoms with Gasteiger partial charge in [0.05, 0.1) is 5.60 Å². The Labute approximate surface area is 96.5 Å². The van der Waals surface area contributed by atoms with E-state index in [-0.39, 0.29) is 5.82 Å². The fourth-order valence-corrected chi connectivity index (χ4v) is 1.64. The summed E-state index contributed by atoms with van der Waals surface area (Å²) in [6.45, 7) is 6.39. The van der Waals surface area contributed by atoms with Crippen LogP contribution in [0.5, 0.6) is 0 Å². The molecule has 0 bridgehead atoms. The molecule has 1 aromatic rings. The molecule has 1 rings (SSSR count). The minimum Gasteiger partial charge on any atom is -0.385 e. The summed E-state index contributed by atoms with van der Waals surface area (Å²) >= 11 is 0. The van der Waals surface area contributed by atoms with Gasteiger partial charge >= 0.3 is 0 Å². The molecule has 0 radical (unpaired) electrons. The standard InChI is InChI=1S/C13H20FNO/c1-10(2)15-9-8-13(3,16)11-6-4-5-7-12(11)14/h4-7,10,15-16H,8-9H2,1-3H3. The maximum Gasteiger partial charge on any atom is 0.129 e. The molecule has 0 amide bonds. The lowest BCUT2D eigenvalue weighted by molar-refractivity contribution is 0.0439. The van der Waals surface area contributed by atoms with Crippen molar-refractivity contribution < 1.29 is 9.50 Å². The highest BCUT2D eigenvalue weighted by Crippen LogP contribution is 2.26. The molecule has 2 N–H and O–H groups in total. The summed E-state index contributed by atoms with van der Waals surface area (Å²) in [5.74, 6) is -0.350. The number of halogens is 1. The highest BCUT2D eigenvalue weighted by Gasteiger charge is 2.25. The van der Waals surface area contributed by atoms with Gasteiger partial charge in [0.1, 0.15) is 5.82 Å². The average Bonchev–Trinajstić information content (AvgIpc) is 2.17. The number of hydrogen-bond donors (Lipinski definition) is 2. The monoisotopic (exact) mass is 225 g/mol. The summed E-state index contributed by atoms with van der Waals surface area (Å²) in [5, 5.41) is 13.4. The summed E-state index contributed by atoms with van der Waals surface area (Å²) in [4.78, 5) is 0. The highest BCUT2D eigenvalue weighted by atomic mass is 19.1. The van der Waals surface area contributed by atoms with Gasteiger partial charge in [0.15, 0.2) is 0 Å². The van der Waals surface area contributed by atoms with Crippen molar-refractivity contribution in [3.05, 3.63) is 35.6 Å². The number of nitrogens with one attached hydrogen (secondary N) is 1. The van der Waals surface area contributed by atoms with Crippen LogP contribution in [0, 0.1) is 5.82 Å². The maximum atomic E-state index is 13.5. The molecule has 0 saturated carbocycles. The van der Waals surface area contributed by atoms with Crippen molar-refractivity contribution in [3.63, 3.8) is 0 Å². The average molecular weight is 225 g/mol. The van der Waals surface area contributed by atoms with Gasteiger partial charge in [0, 0.05) is 11.6 Å². The molecule has 0 aliphatic heterocycles. The van der Waals surface area contributed by atoms with Crippen LogP contribution in [-0.2, 0) is 5.60 Å². The molecule has 1 aromatic carbocycles. The van der Waals surface area contributed by atoms with Crippen LogP contribution in [0.3, 0.4) is 0 Å². The van der Waals surface area contributed by atoms with Gasteiger partial charge in [0.25, 0.3) is 0 Å². The smallest absolute Gasteiger partial charge is 0.129 e. The summed E-state index contributed by atoms with van der Waals surface area (Å²) < 4.78 is 13.5. The molecular formula is C13H20FNO. The van der Waals surface area contributed by atoms with Crippen molar-refractivity contribution in [2.24, 2.45) is 0 Å². The van der Waals surface area contributed by atoms with E-state index < -0.39 is 5.60 Å². The van der Waals surface area contributed by atoms with E-state index in [4.69, 9.17) is 0 Å². The lowest BCUT2D eigenvalue weighted by Crippen LogP contribution is -2.31. The van der Waals surface area contributed by atoms with Gasteiger partial charge in [-0.25, -0.2) is 4.39 Å². The first-order valence-electron chi connectivity index (χ1n) is 5.64. The molecule has 0 saturated heterocycles. The molecule has 0 heterocycles. The Bertz CT molecular complexity index is 336. The van der Waals surface area contributed by atoms with Crippen LogP contribution in [0.1, 0.15) is 32.8 Å². The summed E-state index contributed by atoms with van der Waals surface area (Å²) in [7, 11) is 0. The zero-order valence-corrected chi connectivity index (χ0v) is 10.1. The van der Waals surface area contributed by atoms with Gasteiger partial charge in [-0.3, -0.25) is 0 Å². The third-order valence-corrected chi connectivity index (χ3v) is 2.62. The molecular weight excluding hydrogens is 205 g/mol. The summed E-state index contributed by atoms with van der Waals surface area (Å²) in [6, 6.07) is 6.74. The molecule has 1 unspecified atom stereocenters. The predicted molar refractivity (Wildman–Crippen MR) is 63.7 cm³/mol. The van der Waals surface area contributed by atoms with Gasteiger partial charge in [-0.2, -0.15) is 0 Å². The van der Waals surface area contributed by atoms with E-state index >= 15 is 0 Å². The minimum absolute atomic E-state index is 0.350. The fourth-order valence-electron chi connectivity index (χ4n) is 1.64. The molecule has 90 valence electrons. The first-order valence-corrected chi connectivity index (χ1v) is 5.64. The first-order chi connectivity index (χ1) is 7.43. The van der Waals surface area contributed by atoms with E-state index in [0.717, 1.165) is 0 Å². The third-order valence-electron chi connectivity index (χ3n) is 2.62. The summed E-state index contributed by atoms with van der Waals surface area (Å²) in [6.07, 6.45) is 0.492. The van der Waals surface area contributed by atoms with Crippen LogP contribution in [0.4, 0.5) is 4.39 Å². The van der Waals surface area contributed by atoms with E-state index in [1.54, 1.807) is 25.1 Å². The van der Waals surface area contributed by atoms with Gasteiger partial charge in [-0.1, -0.05) is 32.0 Å².